The molecule has 0 fully saturated rings. The largest absolute Gasteiger partial charge is 0.310 e. The molecule has 212 valence electrons. The first-order valence-corrected chi connectivity index (χ1v) is 20.8. The van der Waals surface area contributed by atoms with Crippen molar-refractivity contribution >= 4 is 49.5 Å². The molecule has 0 atom stereocenters. The van der Waals surface area contributed by atoms with Crippen LogP contribution in [0.3, 0.4) is 0 Å². The van der Waals surface area contributed by atoms with Crippen LogP contribution in [0.5, 0.6) is 0 Å². The maximum Gasteiger partial charge on any atom is 0.114 e. The zero-order valence-electron chi connectivity index (χ0n) is 25.3. The predicted octanol–water partition coefficient (Wildman–Crippen LogP) is 7.80. The van der Waals surface area contributed by atoms with E-state index in [1.807, 2.05) is 0 Å². The Morgan fingerprint density at radius 3 is 1.56 bits per heavy atom. The fourth-order valence-corrected chi connectivity index (χ4v) is 8.61. The van der Waals surface area contributed by atoms with Gasteiger partial charge in [0.25, 0.3) is 0 Å². The van der Waals surface area contributed by atoms with E-state index < -0.39 is 16.9 Å². The fourth-order valence-electron chi connectivity index (χ4n) is 5.51. The van der Waals surface area contributed by atoms with E-state index >= 15 is 0 Å². The molecule has 0 aliphatic rings. The highest BCUT2D eigenvalue weighted by Crippen LogP contribution is 2.37. The van der Waals surface area contributed by atoms with Crippen LogP contribution in [0.4, 0.5) is 17.1 Å². The minimum absolute atomic E-state index is 0.883. The molecule has 3 nitrogen and oxygen atoms in total. The van der Waals surface area contributed by atoms with Gasteiger partial charge in [0.1, 0.15) is 8.07 Å². The summed E-state index contributed by atoms with van der Waals surface area (Å²) >= 11 is 0. The molecule has 2 heterocycles. The molecule has 0 saturated carbocycles. The summed E-state index contributed by atoms with van der Waals surface area (Å²) in [4.78, 5) is 12.1. The van der Waals surface area contributed by atoms with Gasteiger partial charge < -0.3 is 4.90 Å². The molecule has 0 spiro atoms. The number of anilines is 3. The molecule has 0 radical (unpaired) electrons. The van der Waals surface area contributed by atoms with Crippen LogP contribution in [0.15, 0.2) is 146 Å². The van der Waals surface area contributed by atoms with Crippen LogP contribution in [0.25, 0.3) is 22.5 Å². The Bertz CT molecular complexity index is 1800. The Morgan fingerprint density at radius 1 is 0.512 bits per heavy atom. The second-order valence-electron chi connectivity index (χ2n) is 11.8. The zero-order chi connectivity index (χ0) is 29.8. The van der Waals surface area contributed by atoms with Crippen molar-refractivity contribution in [1.29, 1.82) is 0 Å². The normalized spacial score (nSPS) is 11.5. The van der Waals surface area contributed by atoms with Crippen LogP contribution in [-0.4, -0.2) is 26.8 Å². The monoisotopic (exact) mass is 591 g/mol. The SMILES string of the molecule is C[SiH](C)c1ccc(-c2cccc(N(c3ccccc3)c3cccc(-c4ccc([Si](C)(C)c5ccccc5)cn4)c3)c2)nc1. The Labute approximate surface area is 258 Å². The van der Waals surface area contributed by atoms with Gasteiger partial charge in [-0.1, -0.05) is 116 Å². The summed E-state index contributed by atoms with van der Waals surface area (Å²) in [6.07, 6.45) is 4.14. The van der Waals surface area contributed by atoms with Crippen molar-refractivity contribution in [3.8, 4) is 22.5 Å². The number of hydrogen-bond donors (Lipinski definition) is 0. The molecule has 6 rings (SSSR count). The van der Waals surface area contributed by atoms with Crippen molar-refractivity contribution in [2.24, 2.45) is 0 Å². The standard InChI is InChI=1S/C38H37N3Si2/c1-42(2)34-21-23-37(39-27-34)29-13-11-17-32(25-29)41(31-15-7-5-8-16-31)33-18-12-14-30(26-33)38-24-22-36(28-40-38)43(3,4)35-19-9-6-10-20-35/h5-28,42H,1-4H3. The van der Waals surface area contributed by atoms with Crippen molar-refractivity contribution in [2.75, 3.05) is 4.90 Å². The lowest BCUT2D eigenvalue weighted by Crippen LogP contribution is -2.52. The first-order valence-electron chi connectivity index (χ1n) is 14.9. The summed E-state index contributed by atoms with van der Waals surface area (Å²) in [6.45, 7) is 9.45. The number of nitrogens with zero attached hydrogens (tertiary/aromatic N) is 3. The summed E-state index contributed by atoms with van der Waals surface area (Å²) in [5.41, 5.74) is 7.44. The van der Waals surface area contributed by atoms with E-state index in [0.717, 1.165) is 39.6 Å². The number of benzene rings is 4. The van der Waals surface area contributed by atoms with E-state index in [1.165, 1.54) is 15.6 Å². The second-order valence-corrected chi connectivity index (χ2v) is 19.2. The van der Waals surface area contributed by atoms with Gasteiger partial charge in [-0.2, -0.15) is 0 Å². The lowest BCUT2D eigenvalue weighted by Gasteiger charge is -2.26. The summed E-state index contributed by atoms with van der Waals surface area (Å²) in [7, 11) is -2.70. The van der Waals surface area contributed by atoms with Crippen LogP contribution in [0.1, 0.15) is 0 Å². The van der Waals surface area contributed by atoms with E-state index in [0.29, 0.717) is 0 Å². The molecule has 0 aliphatic carbocycles. The average molecular weight is 592 g/mol. The number of pyridine rings is 2. The molecule has 0 aliphatic heterocycles. The Hall–Kier alpha value is -4.59. The topological polar surface area (TPSA) is 29.0 Å². The van der Waals surface area contributed by atoms with Crippen LogP contribution < -0.4 is 20.5 Å². The van der Waals surface area contributed by atoms with Crippen molar-refractivity contribution < 1.29 is 0 Å². The van der Waals surface area contributed by atoms with Gasteiger partial charge in [0.2, 0.25) is 0 Å². The molecule has 0 N–H and O–H groups in total. The van der Waals surface area contributed by atoms with Gasteiger partial charge in [-0.05, 0) is 58.9 Å². The summed E-state index contributed by atoms with van der Waals surface area (Å²) < 4.78 is 0. The molecule has 6 aromatic rings. The van der Waals surface area contributed by atoms with Crippen molar-refractivity contribution in [3.63, 3.8) is 0 Å². The van der Waals surface area contributed by atoms with Gasteiger partial charge >= 0.3 is 0 Å². The van der Waals surface area contributed by atoms with E-state index in [4.69, 9.17) is 9.97 Å². The quantitative estimate of drug-likeness (QED) is 0.169. The number of para-hydroxylation sites is 1. The summed E-state index contributed by atoms with van der Waals surface area (Å²) in [5, 5.41) is 4.13. The van der Waals surface area contributed by atoms with E-state index in [-0.39, 0.29) is 0 Å². The average Bonchev–Trinajstić information content (AvgIpc) is 3.06. The third-order valence-electron chi connectivity index (χ3n) is 8.25. The highest BCUT2D eigenvalue weighted by atomic mass is 28.3. The predicted molar refractivity (Wildman–Crippen MR) is 189 cm³/mol. The van der Waals surface area contributed by atoms with E-state index in [9.17, 15) is 0 Å². The number of rotatable bonds is 8. The van der Waals surface area contributed by atoms with Crippen LogP contribution in [0.2, 0.25) is 26.2 Å². The maximum atomic E-state index is 4.97. The highest BCUT2D eigenvalue weighted by Gasteiger charge is 2.26. The van der Waals surface area contributed by atoms with E-state index in [1.54, 1.807) is 0 Å². The molecule has 4 aromatic carbocycles. The molecule has 0 saturated heterocycles. The number of hydrogen-bond acceptors (Lipinski definition) is 3. The fraction of sp³-hybridized carbons (Fsp3) is 0.105. The first-order chi connectivity index (χ1) is 20.9. The van der Waals surface area contributed by atoms with Crippen molar-refractivity contribution in [3.05, 3.63) is 146 Å². The Kier molecular flexibility index (Phi) is 8.19. The van der Waals surface area contributed by atoms with Gasteiger partial charge in [-0.15, -0.1) is 0 Å². The van der Waals surface area contributed by atoms with Crippen LogP contribution in [0, 0.1) is 0 Å². The molecule has 5 heteroatoms. The molecule has 0 amide bonds. The van der Waals surface area contributed by atoms with Crippen LogP contribution in [-0.2, 0) is 0 Å². The smallest absolute Gasteiger partial charge is 0.114 e. The molecule has 43 heavy (non-hydrogen) atoms. The van der Waals surface area contributed by atoms with E-state index in [2.05, 4.69) is 177 Å². The zero-order valence-corrected chi connectivity index (χ0v) is 27.4. The third kappa shape index (κ3) is 6.14. The number of aromatic nitrogens is 2. The van der Waals surface area contributed by atoms with Crippen molar-refractivity contribution in [1.82, 2.24) is 9.97 Å². The second kappa shape index (κ2) is 12.3. The maximum absolute atomic E-state index is 4.97. The Balaban J connectivity index is 1.36. The Morgan fingerprint density at radius 2 is 1.05 bits per heavy atom. The minimum atomic E-state index is -1.81. The van der Waals surface area contributed by atoms with Gasteiger partial charge in [0.15, 0.2) is 0 Å². The summed E-state index contributed by atoms with van der Waals surface area (Å²) in [5.74, 6) is 0. The minimum Gasteiger partial charge on any atom is -0.310 e. The first kappa shape index (κ1) is 28.5. The molecular weight excluding hydrogens is 555 g/mol. The molecule has 2 aromatic heterocycles. The lowest BCUT2D eigenvalue weighted by molar-refractivity contribution is 1.27. The molecular formula is C38H37N3Si2. The summed E-state index contributed by atoms with van der Waals surface area (Å²) in [6, 6.07) is 47.6. The van der Waals surface area contributed by atoms with Gasteiger partial charge in [-0.25, -0.2) is 0 Å². The van der Waals surface area contributed by atoms with Gasteiger partial charge in [-0.3, -0.25) is 9.97 Å². The van der Waals surface area contributed by atoms with Gasteiger partial charge in [0, 0.05) is 40.6 Å². The lowest BCUT2D eigenvalue weighted by atomic mass is 10.1. The van der Waals surface area contributed by atoms with Gasteiger partial charge in [0.05, 0.1) is 20.2 Å². The third-order valence-corrected chi connectivity index (χ3v) is 13.4. The van der Waals surface area contributed by atoms with Crippen LogP contribution >= 0.6 is 0 Å². The highest BCUT2D eigenvalue weighted by molar-refractivity contribution is 7.00. The van der Waals surface area contributed by atoms with Crippen molar-refractivity contribution in [2.45, 2.75) is 26.2 Å². The molecule has 0 bridgehead atoms. The molecule has 0 unspecified atom stereocenters.